The lowest BCUT2D eigenvalue weighted by atomic mass is 10.1. The Hall–Kier alpha value is -2.60. The van der Waals surface area contributed by atoms with Crippen LogP contribution in [0.25, 0.3) is 0 Å². The zero-order valence-corrected chi connectivity index (χ0v) is 11.6. The van der Waals surface area contributed by atoms with Gasteiger partial charge in [0, 0.05) is 23.3 Å². The second-order valence-electron chi connectivity index (χ2n) is 4.17. The average Bonchev–Trinajstić information content (AvgIpc) is 2.49. The molecule has 0 aromatic heterocycles. The Kier molecular flexibility index (Phi) is 4.73. The molecule has 0 bridgehead atoms. The molecule has 0 aliphatic rings. The molecule has 2 aromatic carbocycles. The number of nitrogens with zero attached hydrogens (tertiary/aromatic N) is 2. The van der Waals surface area contributed by atoms with Crippen molar-refractivity contribution in [3.63, 3.8) is 0 Å². The van der Waals surface area contributed by atoms with Gasteiger partial charge in [0.1, 0.15) is 5.75 Å². The zero-order chi connectivity index (χ0) is 15.2. The number of non-ortho nitro benzene ring substituents is 1. The molecular weight excluding hydrogens is 294 g/mol. The molecule has 108 valence electrons. The number of nitrogens with one attached hydrogen (secondary N) is 1. The molecule has 0 aliphatic carbocycles. The van der Waals surface area contributed by atoms with E-state index in [0.29, 0.717) is 0 Å². The Bertz CT molecular complexity index is 675. The summed E-state index contributed by atoms with van der Waals surface area (Å²) < 4.78 is 0. The molecule has 0 atom stereocenters. The molecule has 0 aliphatic heterocycles. The second kappa shape index (κ2) is 6.71. The van der Waals surface area contributed by atoms with E-state index in [4.69, 9.17) is 11.6 Å². The van der Waals surface area contributed by atoms with Gasteiger partial charge >= 0.3 is 0 Å². The van der Waals surface area contributed by atoms with Gasteiger partial charge in [-0.05, 0) is 12.1 Å². The minimum absolute atomic E-state index is 0.0273. The molecule has 7 heteroatoms. The quantitative estimate of drug-likeness (QED) is 0.383. The number of hydrogen-bond acceptors (Lipinski definition) is 5. The highest BCUT2D eigenvalue weighted by atomic mass is 35.5. The first-order valence-corrected chi connectivity index (χ1v) is 6.55. The Labute approximate surface area is 125 Å². The lowest BCUT2D eigenvalue weighted by Gasteiger charge is -2.05. The van der Waals surface area contributed by atoms with Crippen LogP contribution in [0.2, 0.25) is 0 Å². The molecule has 0 spiro atoms. The highest BCUT2D eigenvalue weighted by Crippen LogP contribution is 2.28. The van der Waals surface area contributed by atoms with Gasteiger partial charge in [-0.3, -0.25) is 15.5 Å². The fourth-order valence-corrected chi connectivity index (χ4v) is 1.90. The average molecular weight is 306 g/mol. The number of rotatable bonds is 5. The molecule has 0 saturated heterocycles. The molecule has 0 fully saturated rings. The Morgan fingerprint density at radius 1 is 1.33 bits per heavy atom. The summed E-state index contributed by atoms with van der Waals surface area (Å²) in [6, 6.07) is 11.7. The minimum atomic E-state index is -0.544. The predicted octanol–water partition coefficient (Wildman–Crippen LogP) is 3.49. The van der Waals surface area contributed by atoms with E-state index in [1.807, 2.05) is 30.3 Å². The second-order valence-corrected chi connectivity index (χ2v) is 4.44. The summed E-state index contributed by atoms with van der Waals surface area (Å²) in [6.45, 7) is 0. The molecule has 2 rings (SSSR count). The van der Waals surface area contributed by atoms with Crippen LogP contribution in [0.5, 0.6) is 5.75 Å². The summed E-state index contributed by atoms with van der Waals surface area (Å²) in [7, 11) is 0. The number of hydrazone groups is 1. The summed E-state index contributed by atoms with van der Waals surface area (Å²) in [5.74, 6) is -0.144. The van der Waals surface area contributed by atoms with Crippen LogP contribution in [-0.4, -0.2) is 16.2 Å². The maximum absolute atomic E-state index is 10.8. The number of anilines is 1. The molecule has 21 heavy (non-hydrogen) atoms. The van der Waals surface area contributed by atoms with Crippen molar-refractivity contribution in [1.29, 1.82) is 0 Å². The van der Waals surface area contributed by atoms with Crippen molar-refractivity contribution in [3.8, 4) is 5.75 Å². The predicted molar refractivity (Wildman–Crippen MR) is 82.0 cm³/mol. The van der Waals surface area contributed by atoms with Gasteiger partial charge < -0.3 is 5.11 Å². The van der Waals surface area contributed by atoms with Crippen molar-refractivity contribution >= 4 is 29.2 Å². The van der Waals surface area contributed by atoms with Crippen LogP contribution in [0, 0.1) is 10.1 Å². The molecular formula is C14H12ClN3O3. The summed E-state index contributed by atoms with van der Waals surface area (Å²) in [4.78, 5) is 10.3. The number of phenolic OH excluding ortho intramolecular Hbond substituents is 1. The van der Waals surface area contributed by atoms with E-state index in [0.717, 1.165) is 5.69 Å². The van der Waals surface area contributed by atoms with E-state index in [2.05, 4.69) is 10.5 Å². The number of halogens is 1. The summed E-state index contributed by atoms with van der Waals surface area (Å²) in [5, 5.41) is 24.8. The first kappa shape index (κ1) is 14.8. The van der Waals surface area contributed by atoms with Crippen LogP contribution < -0.4 is 5.43 Å². The van der Waals surface area contributed by atoms with Crippen molar-refractivity contribution < 1.29 is 10.0 Å². The molecule has 0 amide bonds. The van der Waals surface area contributed by atoms with Crippen LogP contribution in [0.3, 0.4) is 0 Å². The highest BCUT2D eigenvalue weighted by molar-refractivity contribution is 6.17. The van der Waals surface area contributed by atoms with E-state index in [-0.39, 0.29) is 28.4 Å². The van der Waals surface area contributed by atoms with Gasteiger partial charge in [-0.2, -0.15) is 5.10 Å². The highest BCUT2D eigenvalue weighted by Gasteiger charge is 2.14. The number of phenols is 1. The fourth-order valence-electron chi connectivity index (χ4n) is 1.70. The number of aromatic hydroxyl groups is 1. The lowest BCUT2D eigenvalue weighted by molar-refractivity contribution is -0.384. The van der Waals surface area contributed by atoms with Gasteiger partial charge in [-0.1, -0.05) is 18.2 Å². The van der Waals surface area contributed by atoms with E-state index < -0.39 is 4.92 Å². The van der Waals surface area contributed by atoms with Crippen LogP contribution >= 0.6 is 11.6 Å². The molecule has 0 heterocycles. The Balaban J connectivity index is 2.26. The normalized spacial score (nSPS) is 10.7. The smallest absolute Gasteiger partial charge is 0.270 e. The number of alkyl halides is 1. The maximum atomic E-state index is 10.8. The Morgan fingerprint density at radius 3 is 2.67 bits per heavy atom. The maximum Gasteiger partial charge on any atom is 0.270 e. The summed E-state index contributed by atoms with van der Waals surface area (Å²) in [6.07, 6.45) is 1.31. The molecule has 0 radical (unpaired) electrons. The summed E-state index contributed by atoms with van der Waals surface area (Å²) in [5.41, 5.74) is 3.88. The SMILES string of the molecule is O=[N+]([O-])c1cc(C=NNc2ccccc2)c(O)c(CCl)c1. The van der Waals surface area contributed by atoms with Crippen molar-refractivity contribution in [2.45, 2.75) is 5.88 Å². The van der Waals surface area contributed by atoms with E-state index in [1.165, 1.54) is 18.3 Å². The number of nitro groups is 1. The van der Waals surface area contributed by atoms with Crippen molar-refractivity contribution in [2.75, 3.05) is 5.43 Å². The standard InChI is InChI=1S/C14H12ClN3O3/c15-8-10-6-13(18(20)21)7-11(14(10)19)9-16-17-12-4-2-1-3-5-12/h1-7,9,17,19H,8H2. The summed E-state index contributed by atoms with van der Waals surface area (Å²) >= 11 is 5.67. The topological polar surface area (TPSA) is 87.8 Å². The van der Waals surface area contributed by atoms with Crippen LogP contribution in [0.15, 0.2) is 47.6 Å². The first-order chi connectivity index (χ1) is 10.1. The van der Waals surface area contributed by atoms with E-state index in [9.17, 15) is 15.2 Å². The largest absolute Gasteiger partial charge is 0.507 e. The number of hydrogen-bond donors (Lipinski definition) is 2. The van der Waals surface area contributed by atoms with Crippen LogP contribution in [0.4, 0.5) is 11.4 Å². The zero-order valence-electron chi connectivity index (χ0n) is 10.9. The molecule has 0 saturated carbocycles. The minimum Gasteiger partial charge on any atom is -0.507 e. The van der Waals surface area contributed by atoms with E-state index in [1.54, 1.807) is 0 Å². The lowest BCUT2D eigenvalue weighted by Crippen LogP contribution is -1.96. The number of para-hydroxylation sites is 1. The third-order valence-corrected chi connectivity index (χ3v) is 3.02. The molecule has 0 unspecified atom stereocenters. The van der Waals surface area contributed by atoms with Crippen molar-refractivity contribution in [2.24, 2.45) is 5.10 Å². The molecule has 2 aromatic rings. The van der Waals surface area contributed by atoms with Crippen LogP contribution in [-0.2, 0) is 5.88 Å². The van der Waals surface area contributed by atoms with Gasteiger partial charge in [0.2, 0.25) is 0 Å². The van der Waals surface area contributed by atoms with Crippen LogP contribution in [0.1, 0.15) is 11.1 Å². The van der Waals surface area contributed by atoms with E-state index >= 15 is 0 Å². The van der Waals surface area contributed by atoms with Gasteiger partial charge in [0.15, 0.2) is 0 Å². The number of nitro benzene ring substituents is 1. The van der Waals surface area contributed by atoms with Gasteiger partial charge in [0.05, 0.1) is 22.7 Å². The monoisotopic (exact) mass is 305 g/mol. The third-order valence-electron chi connectivity index (χ3n) is 2.73. The Morgan fingerprint density at radius 2 is 2.05 bits per heavy atom. The fraction of sp³-hybridized carbons (Fsp3) is 0.0714. The molecule has 6 nitrogen and oxygen atoms in total. The number of benzene rings is 2. The van der Waals surface area contributed by atoms with Crippen molar-refractivity contribution in [1.82, 2.24) is 0 Å². The van der Waals surface area contributed by atoms with Crippen molar-refractivity contribution in [3.05, 3.63) is 63.7 Å². The van der Waals surface area contributed by atoms with Gasteiger partial charge in [-0.25, -0.2) is 0 Å². The third kappa shape index (κ3) is 3.70. The first-order valence-electron chi connectivity index (χ1n) is 6.02. The van der Waals surface area contributed by atoms with Gasteiger partial charge in [-0.15, -0.1) is 11.6 Å². The molecule has 2 N–H and O–H groups in total. The van der Waals surface area contributed by atoms with Gasteiger partial charge in [0.25, 0.3) is 5.69 Å².